The number of hydrogen-bond donors (Lipinski definition) is 1. The maximum absolute atomic E-state index is 14.6. The van der Waals surface area contributed by atoms with Gasteiger partial charge in [-0.1, -0.05) is 52.3 Å². The number of nitrogens with zero attached hydrogens (tertiary/aromatic N) is 4. The van der Waals surface area contributed by atoms with Crippen LogP contribution in [0.4, 0.5) is 4.39 Å². The predicted octanol–water partition coefficient (Wildman–Crippen LogP) is 4.08. The van der Waals surface area contributed by atoms with E-state index in [1.807, 2.05) is 30.3 Å². The number of nitrogens with one attached hydrogen (secondary N) is 1. The van der Waals surface area contributed by atoms with Gasteiger partial charge < -0.3 is 5.32 Å². The number of rotatable bonds is 5. The molecule has 1 aromatic heterocycles. The Morgan fingerprint density at radius 2 is 1.79 bits per heavy atom. The van der Waals surface area contributed by atoms with E-state index in [0.717, 1.165) is 11.3 Å². The number of carbonyl (C=O) groups is 1. The quantitative estimate of drug-likeness (QED) is 0.496. The van der Waals surface area contributed by atoms with Gasteiger partial charge in [0, 0.05) is 15.6 Å². The topological polar surface area (TPSA) is 72.7 Å². The average Bonchev–Trinajstić information content (AvgIpc) is 3.28. The molecule has 0 aliphatic rings. The van der Waals surface area contributed by atoms with Crippen LogP contribution >= 0.6 is 15.9 Å². The van der Waals surface area contributed by atoms with E-state index in [-0.39, 0.29) is 5.91 Å². The summed E-state index contributed by atoms with van der Waals surface area (Å²) in [6.45, 7) is 0. The van der Waals surface area contributed by atoms with E-state index >= 15 is 0 Å². The summed E-state index contributed by atoms with van der Waals surface area (Å²) in [5.41, 5.74) is 2.34. The maximum Gasteiger partial charge on any atom is 0.252 e. The van der Waals surface area contributed by atoms with Crippen molar-refractivity contribution in [3.63, 3.8) is 0 Å². The van der Waals surface area contributed by atoms with Gasteiger partial charge in [0.1, 0.15) is 12.1 Å². The van der Waals surface area contributed by atoms with Crippen LogP contribution in [0.15, 0.2) is 83.6 Å². The average molecular weight is 452 g/mol. The monoisotopic (exact) mass is 451 g/mol. The van der Waals surface area contributed by atoms with Crippen molar-refractivity contribution in [2.75, 3.05) is 0 Å². The second-order valence-corrected chi connectivity index (χ2v) is 7.20. The van der Waals surface area contributed by atoms with Crippen molar-refractivity contribution < 1.29 is 9.18 Å². The number of amides is 1. The first-order valence-electron chi connectivity index (χ1n) is 8.76. The lowest BCUT2D eigenvalue weighted by Crippen LogP contribution is -2.30. The summed E-state index contributed by atoms with van der Waals surface area (Å²) < 4.78 is 16.8. The summed E-state index contributed by atoms with van der Waals surface area (Å²) in [6, 6.07) is 20.3. The fraction of sp³-hybridized carbons (Fsp3) is 0.0476. The van der Waals surface area contributed by atoms with Crippen LogP contribution in [-0.4, -0.2) is 26.1 Å². The van der Waals surface area contributed by atoms with Crippen molar-refractivity contribution in [1.29, 1.82) is 0 Å². The smallest absolute Gasteiger partial charge is 0.252 e. The van der Waals surface area contributed by atoms with Gasteiger partial charge in [-0.15, -0.1) is 5.10 Å². The number of benzene rings is 3. The van der Waals surface area contributed by atoms with Crippen LogP contribution in [-0.2, 0) is 0 Å². The standard InChI is InChI=1S/C21H15BrFN5O/c22-16-8-11-18(19(23)12-16)20(14-4-2-1-3-5-14)25-21(29)15-6-9-17(10-7-15)28-13-24-26-27-28/h1-13,20H,(H,25,29). The van der Waals surface area contributed by atoms with Crippen LogP contribution in [0.2, 0.25) is 0 Å². The van der Waals surface area contributed by atoms with E-state index in [2.05, 4.69) is 36.8 Å². The third-order valence-electron chi connectivity index (χ3n) is 4.42. The van der Waals surface area contributed by atoms with E-state index in [0.29, 0.717) is 15.6 Å². The van der Waals surface area contributed by atoms with E-state index in [1.165, 1.54) is 17.1 Å². The van der Waals surface area contributed by atoms with Crippen molar-refractivity contribution >= 4 is 21.8 Å². The zero-order chi connectivity index (χ0) is 20.2. The number of halogens is 2. The molecule has 0 saturated heterocycles. The number of aromatic nitrogens is 4. The lowest BCUT2D eigenvalue weighted by atomic mass is 9.97. The van der Waals surface area contributed by atoms with Crippen molar-refractivity contribution in [1.82, 2.24) is 25.5 Å². The van der Waals surface area contributed by atoms with Crippen molar-refractivity contribution in [2.45, 2.75) is 6.04 Å². The molecule has 0 saturated carbocycles. The fourth-order valence-electron chi connectivity index (χ4n) is 2.98. The summed E-state index contributed by atoms with van der Waals surface area (Å²) in [7, 11) is 0. The second-order valence-electron chi connectivity index (χ2n) is 6.28. The fourth-order valence-corrected chi connectivity index (χ4v) is 3.31. The Kier molecular flexibility index (Phi) is 5.44. The van der Waals surface area contributed by atoms with Gasteiger partial charge in [0.25, 0.3) is 5.91 Å². The third kappa shape index (κ3) is 4.22. The highest BCUT2D eigenvalue weighted by molar-refractivity contribution is 9.10. The molecule has 4 aromatic rings. The van der Waals surface area contributed by atoms with Gasteiger partial charge >= 0.3 is 0 Å². The first kappa shape index (κ1) is 18.9. The molecule has 144 valence electrons. The molecule has 1 N–H and O–H groups in total. The Morgan fingerprint density at radius 3 is 2.45 bits per heavy atom. The highest BCUT2D eigenvalue weighted by Crippen LogP contribution is 2.27. The van der Waals surface area contributed by atoms with Crippen LogP contribution in [0.5, 0.6) is 0 Å². The van der Waals surface area contributed by atoms with Gasteiger partial charge in [0.05, 0.1) is 11.7 Å². The van der Waals surface area contributed by atoms with Gasteiger partial charge in [0.15, 0.2) is 0 Å². The summed E-state index contributed by atoms with van der Waals surface area (Å²) >= 11 is 3.27. The molecule has 0 fully saturated rings. The summed E-state index contributed by atoms with van der Waals surface area (Å²) in [4.78, 5) is 12.9. The van der Waals surface area contributed by atoms with Crippen LogP contribution in [0, 0.1) is 5.82 Å². The number of carbonyl (C=O) groups excluding carboxylic acids is 1. The van der Waals surface area contributed by atoms with Crippen LogP contribution in [0.3, 0.4) is 0 Å². The highest BCUT2D eigenvalue weighted by atomic mass is 79.9. The van der Waals surface area contributed by atoms with Gasteiger partial charge in [-0.25, -0.2) is 9.07 Å². The van der Waals surface area contributed by atoms with Gasteiger partial charge in [0.2, 0.25) is 0 Å². The van der Waals surface area contributed by atoms with Crippen LogP contribution in [0.25, 0.3) is 5.69 Å². The van der Waals surface area contributed by atoms with Gasteiger partial charge in [-0.3, -0.25) is 4.79 Å². The normalized spacial score (nSPS) is 11.8. The lowest BCUT2D eigenvalue weighted by molar-refractivity contribution is 0.0942. The molecule has 1 unspecified atom stereocenters. The number of tetrazole rings is 1. The highest BCUT2D eigenvalue weighted by Gasteiger charge is 2.21. The molecule has 0 aliphatic carbocycles. The Balaban J connectivity index is 1.63. The molecule has 1 atom stereocenters. The van der Waals surface area contributed by atoms with Gasteiger partial charge in [-0.05, 0) is 52.4 Å². The summed E-state index contributed by atoms with van der Waals surface area (Å²) in [5, 5.41) is 13.9. The molecular formula is C21H15BrFN5O. The van der Waals surface area contributed by atoms with E-state index in [1.54, 1.807) is 36.4 Å². The zero-order valence-electron chi connectivity index (χ0n) is 15.0. The molecular weight excluding hydrogens is 437 g/mol. The summed E-state index contributed by atoms with van der Waals surface area (Å²) in [5.74, 6) is -0.716. The molecule has 4 rings (SSSR count). The molecule has 8 heteroatoms. The van der Waals surface area contributed by atoms with E-state index < -0.39 is 11.9 Å². The first-order valence-corrected chi connectivity index (χ1v) is 9.55. The number of hydrogen-bond acceptors (Lipinski definition) is 4. The molecule has 3 aromatic carbocycles. The maximum atomic E-state index is 14.6. The van der Waals surface area contributed by atoms with Gasteiger partial charge in [-0.2, -0.15) is 0 Å². The van der Waals surface area contributed by atoms with Crippen LogP contribution in [0.1, 0.15) is 27.5 Å². The predicted molar refractivity (Wildman–Crippen MR) is 109 cm³/mol. The zero-order valence-corrected chi connectivity index (χ0v) is 16.6. The van der Waals surface area contributed by atoms with E-state index in [4.69, 9.17) is 0 Å². The summed E-state index contributed by atoms with van der Waals surface area (Å²) in [6.07, 6.45) is 1.47. The lowest BCUT2D eigenvalue weighted by Gasteiger charge is -2.21. The molecule has 1 amide bonds. The Labute approximate surface area is 174 Å². The Morgan fingerprint density at radius 1 is 1.03 bits per heavy atom. The molecule has 0 aliphatic heterocycles. The van der Waals surface area contributed by atoms with Crippen molar-refractivity contribution in [3.8, 4) is 5.69 Å². The SMILES string of the molecule is O=C(NC(c1ccccc1)c1ccc(Br)cc1F)c1ccc(-n2cnnn2)cc1. The van der Waals surface area contributed by atoms with Crippen molar-refractivity contribution in [3.05, 3.63) is 106 Å². The second kappa shape index (κ2) is 8.32. The minimum atomic E-state index is -0.629. The van der Waals surface area contributed by atoms with Crippen LogP contribution < -0.4 is 5.32 Å². The molecule has 0 radical (unpaired) electrons. The largest absolute Gasteiger partial charge is 0.341 e. The molecule has 29 heavy (non-hydrogen) atoms. The molecule has 6 nitrogen and oxygen atoms in total. The molecule has 1 heterocycles. The Hall–Kier alpha value is -3.39. The first-order chi connectivity index (χ1) is 14.1. The molecule has 0 bridgehead atoms. The minimum Gasteiger partial charge on any atom is -0.341 e. The minimum absolute atomic E-state index is 0.315. The van der Waals surface area contributed by atoms with E-state index in [9.17, 15) is 9.18 Å². The molecule has 0 spiro atoms. The Bertz CT molecular complexity index is 1120. The van der Waals surface area contributed by atoms with Crippen molar-refractivity contribution in [2.24, 2.45) is 0 Å². The third-order valence-corrected chi connectivity index (χ3v) is 4.92.